The number of methoxy groups -OCH3 is 1. The van der Waals surface area contributed by atoms with Gasteiger partial charge >= 0.3 is 5.97 Å². The second-order valence-corrected chi connectivity index (χ2v) is 5.23. The number of aromatic nitrogens is 1. The van der Waals surface area contributed by atoms with Gasteiger partial charge in [-0.25, -0.2) is 9.78 Å². The van der Waals surface area contributed by atoms with E-state index in [-0.39, 0.29) is 5.69 Å². The van der Waals surface area contributed by atoms with Crippen molar-refractivity contribution in [1.82, 2.24) is 4.98 Å². The molecule has 5 heteroatoms. The van der Waals surface area contributed by atoms with Crippen molar-refractivity contribution in [2.24, 2.45) is 0 Å². The third kappa shape index (κ3) is 3.20. The Balaban J connectivity index is 2.96. The van der Waals surface area contributed by atoms with Crippen LogP contribution in [-0.2, 0) is 4.74 Å². The quantitative estimate of drug-likeness (QED) is 0.800. The summed E-state index contributed by atoms with van der Waals surface area (Å²) in [6, 6.07) is 3.33. The number of carbonyl (C=O) groups excluding carboxylic acids is 1. The topological polar surface area (TPSA) is 71.5 Å². The normalized spacial score (nSPS) is 12.1. The minimum Gasteiger partial charge on any atom is -0.464 e. The molecule has 100 valence electrons. The molecule has 0 bridgehead atoms. The zero-order valence-electron chi connectivity index (χ0n) is 11.4. The lowest BCUT2D eigenvalue weighted by atomic mass is 9.86. The van der Waals surface area contributed by atoms with Crippen molar-refractivity contribution in [3.8, 4) is 0 Å². The Bertz CT molecular complexity index is 436. The predicted molar refractivity (Wildman–Crippen MR) is 69.6 cm³/mol. The molecule has 1 heterocycles. The number of ether oxygens (including phenoxy) is 1. The number of hydrogen-bond donors (Lipinski definition) is 2. The van der Waals surface area contributed by atoms with E-state index >= 15 is 0 Å². The molecule has 0 radical (unpaired) electrons. The van der Waals surface area contributed by atoms with Gasteiger partial charge < -0.3 is 15.2 Å². The maximum Gasteiger partial charge on any atom is 0.356 e. The van der Waals surface area contributed by atoms with Gasteiger partial charge in [-0.3, -0.25) is 0 Å². The molecule has 2 N–H and O–H groups in total. The first-order valence-electron chi connectivity index (χ1n) is 5.72. The summed E-state index contributed by atoms with van der Waals surface area (Å²) in [4.78, 5) is 15.3. The van der Waals surface area contributed by atoms with E-state index in [4.69, 9.17) is 0 Å². The Kier molecular flexibility index (Phi) is 3.96. The van der Waals surface area contributed by atoms with Crippen LogP contribution in [0.1, 0.15) is 38.2 Å². The van der Waals surface area contributed by atoms with Gasteiger partial charge in [0.05, 0.1) is 18.2 Å². The van der Waals surface area contributed by atoms with Crippen molar-refractivity contribution in [2.75, 3.05) is 12.4 Å². The fourth-order valence-electron chi connectivity index (χ4n) is 1.24. The molecule has 0 amide bonds. The van der Waals surface area contributed by atoms with E-state index in [0.29, 0.717) is 5.69 Å². The zero-order valence-corrected chi connectivity index (χ0v) is 11.4. The highest BCUT2D eigenvalue weighted by molar-refractivity contribution is 5.88. The van der Waals surface area contributed by atoms with Gasteiger partial charge in [-0.05, 0) is 39.8 Å². The Morgan fingerprint density at radius 2 is 2.00 bits per heavy atom. The van der Waals surface area contributed by atoms with E-state index < -0.39 is 17.1 Å². The van der Waals surface area contributed by atoms with E-state index in [9.17, 15) is 9.90 Å². The molecule has 18 heavy (non-hydrogen) atoms. The van der Waals surface area contributed by atoms with Crippen LogP contribution in [0.2, 0.25) is 0 Å². The van der Waals surface area contributed by atoms with E-state index in [1.165, 1.54) is 13.3 Å². The van der Waals surface area contributed by atoms with Crippen LogP contribution in [0.15, 0.2) is 18.3 Å². The smallest absolute Gasteiger partial charge is 0.356 e. The number of pyridine rings is 1. The van der Waals surface area contributed by atoms with E-state index in [1.54, 1.807) is 26.0 Å². The van der Waals surface area contributed by atoms with Gasteiger partial charge in [-0.15, -0.1) is 0 Å². The lowest BCUT2D eigenvalue weighted by Crippen LogP contribution is -2.51. The van der Waals surface area contributed by atoms with Gasteiger partial charge in [-0.1, -0.05) is 0 Å². The van der Waals surface area contributed by atoms with Crippen LogP contribution in [0.4, 0.5) is 5.69 Å². The maximum absolute atomic E-state index is 11.4. The maximum atomic E-state index is 11.4. The summed E-state index contributed by atoms with van der Waals surface area (Å²) in [7, 11) is 1.31. The van der Waals surface area contributed by atoms with Gasteiger partial charge in [0, 0.05) is 11.9 Å². The van der Waals surface area contributed by atoms with Crippen LogP contribution in [0.5, 0.6) is 0 Å². The third-order valence-electron chi connectivity index (χ3n) is 3.14. The highest BCUT2D eigenvalue weighted by Gasteiger charge is 2.34. The fourth-order valence-corrected chi connectivity index (χ4v) is 1.24. The molecule has 1 aromatic rings. The monoisotopic (exact) mass is 252 g/mol. The van der Waals surface area contributed by atoms with E-state index in [1.807, 2.05) is 13.8 Å². The first-order valence-corrected chi connectivity index (χ1v) is 5.72. The average molecular weight is 252 g/mol. The largest absolute Gasteiger partial charge is 0.464 e. The second kappa shape index (κ2) is 4.94. The molecule has 5 nitrogen and oxygen atoms in total. The molecule has 0 saturated heterocycles. The summed E-state index contributed by atoms with van der Waals surface area (Å²) in [6.07, 6.45) is 1.52. The minimum absolute atomic E-state index is 0.231. The number of nitrogens with zero attached hydrogens (tertiary/aromatic N) is 1. The molecular formula is C13H20N2O3. The van der Waals surface area contributed by atoms with Crippen LogP contribution in [0.25, 0.3) is 0 Å². The van der Waals surface area contributed by atoms with Crippen LogP contribution < -0.4 is 5.32 Å². The highest BCUT2D eigenvalue weighted by Crippen LogP contribution is 2.25. The number of carbonyl (C=O) groups is 1. The predicted octanol–water partition coefficient (Wildman–Crippen LogP) is 1.83. The Hall–Kier alpha value is -1.62. The van der Waals surface area contributed by atoms with Crippen LogP contribution >= 0.6 is 0 Å². The second-order valence-electron chi connectivity index (χ2n) is 5.23. The summed E-state index contributed by atoms with van der Waals surface area (Å²) >= 11 is 0. The molecule has 0 unspecified atom stereocenters. The molecule has 1 rings (SSSR count). The minimum atomic E-state index is -0.915. The molecule has 0 saturated carbocycles. The number of rotatable bonds is 4. The molecule has 0 aliphatic rings. The first-order chi connectivity index (χ1) is 8.17. The standard InChI is InChI=1S/C13H20N2O3/c1-12(2,13(3,4)17)15-9-6-7-14-10(8-9)11(16)18-5/h6-8,17H,1-5H3,(H,14,15). The molecule has 0 atom stereocenters. The molecular weight excluding hydrogens is 232 g/mol. The Morgan fingerprint density at radius 3 is 2.50 bits per heavy atom. The molecule has 0 aliphatic heterocycles. The number of hydrogen-bond acceptors (Lipinski definition) is 5. The fraction of sp³-hybridized carbons (Fsp3) is 0.538. The van der Waals surface area contributed by atoms with Crippen molar-refractivity contribution in [1.29, 1.82) is 0 Å². The van der Waals surface area contributed by atoms with Crippen molar-refractivity contribution in [3.05, 3.63) is 24.0 Å². The third-order valence-corrected chi connectivity index (χ3v) is 3.14. The van der Waals surface area contributed by atoms with Crippen LogP contribution in [-0.4, -0.2) is 34.3 Å². The number of nitrogens with one attached hydrogen (secondary N) is 1. The summed E-state index contributed by atoms with van der Waals surface area (Å²) in [5, 5.41) is 13.2. The van der Waals surface area contributed by atoms with E-state index in [2.05, 4.69) is 15.0 Å². The van der Waals surface area contributed by atoms with Crippen molar-refractivity contribution in [2.45, 2.75) is 38.8 Å². The number of aliphatic hydroxyl groups is 1. The lowest BCUT2D eigenvalue weighted by Gasteiger charge is -2.38. The molecule has 1 aromatic heterocycles. The highest BCUT2D eigenvalue weighted by atomic mass is 16.5. The molecule has 0 spiro atoms. The Labute approximate surface area is 107 Å². The SMILES string of the molecule is COC(=O)c1cc(NC(C)(C)C(C)(C)O)ccn1. The number of esters is 1. The molecule has 0 aliphatic carbocycles. The summed E-state index contributed by atoms with van der Waals surface area (Å²) in [5.74, 6) is -0.486. The van der Waals surface area contributed by atoms with Crippen molar-refractivity contribution < 1.29 is 14.6 Å². The molecule has 0 fully saturated rings. The van der Waals surface area contributed by atoms with E-state index in [0.717, 1.165) is 0 Å². The first kappa shape index (κ1) is 14.4. The van der Waals surface area contributed by atoms with Gasteiger partial charge in [0.1, 0.15) is 5.69 Å². The summed E-state index contributed by atoms with van der Waals surface area (Å²) in [6.45, 7) is 7.21. The average Bonchev–Trinajstić information content (AvgIpc) is 2.26. The number of anilines is 1. The zero-order chi connectivity index (χ0) is 14.0. The van der Waals surface area contributed by atoms with Gasteiger partial charge in [0.25, 0.3) is 0 Å². The Morgan fingerprint density at radius 1 is 1.39 bits per heavy atom. The summed E-state index contributed by atoms with van der Waals surface area (Å²) < 4.78 is 4.61. The van der Waals surface area contributed by atoms with Crippen molar-refractivity contribution >= 4 is 11.7 Å². The van der Waals surface area contributed by atoms with Gasteiger partial charge in [-0.2, -0.15) is 0 Å². The van der Waals surface area contributed by atoms with Gasteiger partial charge in [0.15, 0.2) is 0 Å². The van der Waals surface area contributed by atoms with Gasteiger partial charge in [0.2, 0.25) is 0 Å². The van der Waals surface area contributed by atoms with Crippen LogP contribution in [0.3, 0.4) is 0 Å². The molecule has 0 aromatic carbocycles. The van der Waals surface area contributed by atoms with Crippen LogP contribution in [0, 0.1) is 0 Å². The lowest BCUT2D eigenvalue weighted by molar-refractivity contribution is 0.0240. The van der Waals surface area contributed by atoms with Crippen molar-refractivity contribution in [3.63, 3.8) is 0 Å². The summed E-state index contributed by atoms with van der Waals surface area (Å²) in [5.41, 5.74) is -0.532.